The number of esters is 1. The number of likely N-dealkylation sites (tertiary alicyclic amines) is 2. The summed E-state index contributed by atoms with van der Waals surface area (Å²) in [6.45, 7) is 4.72. The van der Waals surface area contributed by atoms with E-state index in [1.807, 2.05) is 34.2 Å². The summed E-state index contributed by atoms with van der Waals surface area (Å²) < 4.78 is 5.08. The number of nitrogens with zero attached hydrogens (tertiary/aromatic N) is 2. The predicted molar refractivity (Wildman–Crippen MR) is 98.9 cm³/mol. The lowest BCUT2D eigenvalue weighted by Crippen LogP contribution is -2.47. The van der Waals surface area contributed by atoms with Crippen LogP contribution in [0, 0.1) is 11.8 Å². The first-order valence-electron chi connectivity index (χ1n) is 9.38. The number of amides is 2. The van der Waals surface area contributed by atoms with Gasteiger partial charge in [0.2, 0.25) is 5.91 Å². The Bertz CT molecular complexity index is 630. The molecule has 1 aromatic rings. The molecule has 6 nitrogen and oxygen atoms in total. The Morgan fingerprint density at radius 3 is 2.23 bits per heavy atom. The Labute approximate surface area is 158 Å². The van der Waals surface area contributed by atoms with Crippen LogP contribution in [-0.2, 0) is 14.3 Å². The fourth-order valence-electron chi connectivity index (χ4n) is 3.74. The van der Waals surface area contributed by atoms with Crippen LogP contribution in [-0.4, -0.2) is 60.4 Å². The first-order valence-corrected chi connectivity index (χ1v) is 10.3. The highest BCUT2D eigenvalue weighted by Crippen LogP contribution is 2.25. The van der Waals surface area contributed by atoms with Crippen molar-refractivity contribution in [2.24, 2.45) is 11.8 Å². The maximum atomic E-state index is 12.8. The van der Waals surface area contributed by atoms with Crippen LogP contribution in [0.25, 0.3) is 0 Å². The monoisotopic (exact) mass is 378 g/mol. The molecule has 7 heteroatoms. The van der Waals surface area contributed by atoms with Gasteiger partial charge in [-0.15, -0.1) is 11.3 Å². The molecule has 0 saturated carbocycles. The van der Waals surface area contributed by atoms with Gasteiger partial charge in [0.15, 0.2) is 0 Å². The van der Waals surface area contributed by atoms with Gasteiger partial charge in [-0.25, -0.2) is 0 Å². The predicted octanol–water partition coefficient (Wildman–Crippen LogP) is 2.40. The molecule has 2 aliphatic heterocycles. The third-order valence-corrected chi connectivity index (χ3v) is 6.15. The zero-order valence-corrected chi connectivity index (χ0v) is 16.0. The Hall–Kier alpha value is -1.89. The average molecular weight is 378 g/mol. The molecule has 2 saturated heterocycles. The van der Waals surface area contributed by atoms with E-state index in [0.717, 1.165) is 4.88 Å². The number of carbonyl (C=O) groups excluding carboxylic acids is 3. The van der Waals surface area contributed by atoms with Crippen molar-refractivity contribution < 1.29 is 19.1 Å². The van der Waals surface area contributed by atoms with Crippen LogP contribution in [0.3, 0.4) is 0 Å². The zero-order chi connectivity index (χ0) is 18.5. The summed E-state index contributed by atoms with van der Waals surface area (Å²) >= 11 is 1.46. The molecule has 3 rings (SSSR count). The standard InChI is InChI=1S/C19H26N2O4S/c1-2-25-19(24)15-7-11-20(12-8-15)17(22)14-5-9-21(10-6-14)18(23)16-4-3-13-26-16/h3-4,13-15H,2,5-12H2,1H3. The van der Waals surface area contributed by atoms with Gasteiger partial charge in [-0.3, -0.25) is 14.4 Å². The van der Waals surface area contributed by atoms with Crippen molar-refractivity contribution >= 4 is 29.1 Å². The minimum absolute atomic E-state index is 0.0125. The van der Waals surface area contributed by atoms with Crippen LogP contribution in [0.15, 0.2) is 17.5 Å². The van der Waals surface area contributed by atoms with Crippen LogP contribution in [0.5, 0.6) is 0 Å². The van der Waals surface area contributed by atoms with Crippen molar-refractivity contribution in [2.75, 3.05) is 32.8 Å². The minimum Gasteiger partial charge on any atom is -0.466 e. The first-order chi connectivity index (χ1) is 12.6. The fourth-order valence-corrected chi connectivity index (χ4v) is 4.43. The van der Waals surface area contributed by atoms with Crippen molar-refractivity contribution in [1.29, 1.82) is 0 Å². The molecule has 0 N–H and O–H groups in total. The lowest BCUT2D eigenvalue weighted by Gasteiger charge is -2.36. The number of hydrogen-bond acceptors (Lipinski definition) is 5. The Morgan fingerprint density at radius 1 is 1.04 bits per heavy atom. The molecule has 3 heterocycles. The van der Waals surface area contributed by atoms with Gasteiger partial charge in [0, 0.05) is 32.1 Å². The van der Waals surface area contributed by atoms with E-state index in [1.54, 1.807) is 0 Å². The Balaban J connectivity index is 1.46. The van der Waals surface area contributed by atoms with Crippen LogP contribution in [0.1, 0.15) is 42.3 Å². The van der Waals surface area contributed by atoms with Crippen molar-refractivity contribution in [3.63, 3.8) is 0 Å². The van der Waals surface area contributed by atoms with E-state index >= 15 is 0 Å². The largest absolute Gasteiger partial charge is 0.466 e. The molecular formula is C19H26N2O4S. The van der Waals surface area contributed by atoms with E-state index in [0.29, 0.717) is 58.5 Å². The van der Waals surface area contributed by atoms with Gasteiger partial charge in [-0.2, -0.15) is 0 Å². The smallest absolute Gasteiger partial charge is 0.309 e. The number of rotatable bonds is 4. The molecule has 0 spiro atoms. The van der Waals surface area contributed by atoms with Gasteiger partial charge in [0.25, 0.3) is 5.91 Å². The van der Waals surface area contributed by atoms with E-state index in [4.69, 9.17) is 4.74 Å². The van der Waals surface area contributed by atoms with Crippen molar-refractivity contribution in [1.82, 2.24) is 9.80 Å². The Kier molecular flexibility index (Phi) is 6.29. The Morgan fingerprint density at radius 2 is 1.65 bits per heavy atom. The van der Waals surface area contributed by atoms with Crippen LogP contribution < -0.4 is 0 Å². The van der Waals surface area contributed by atoms with Gasteiger partial charge in [-0.05, 0) is 44.1 Å². The molecule has 1 aromatic heterocycles. The van der Waals surface area contributed by atoms with E-state index < -0.39 is 0 Å². The minimum atomic E-state index is -0.139. The third kappa shape index (κ3) is 4.26. The number of thiophene rings is 1. The highest BCUT2D eigenvalue weighted by atomic mass is 32.1. The van der Waals surface area contributed by atoms with Crippen molar-refractivity contribution in [3.8, 4) is 0 Å². The molecule has 0 unspecified atom stereocenters. The second-order valence-corrected chi connectivity index (χ2v) is 7.84. The molecule has 2 amide bonds. The van der Waals surface area contributed by atoms with Gasteiger partial charge < -0.3 is 14.5 Å². The number of piperidine rings is 2. The van der Waals surface area contributed by atoms with Gasteiger partial charge in [0.1, 0.15) is 0 Å². The second kappa shape index (κ2) is 8.66. The SMILES string of the molecule is CCOC(=O)C1CCN(C(=O)C2CCN(C(=O)c3cccs3)CC2)CC1. The van der Waals surface area contributed by atoms with Crippen LogP contribution in [0.4, 0.5) is 0 Å². The summed E-state index contributed by atoms with van der Waals surface area (Å²) in [4.78, 5) is 41.5. The van der Waals surface area contributed by atoms with E-state index in [-0.39, 0.29) is 29.6 Å². The van der Waals surface area contributed by atoms with Gasteiger partial charge in [-0.1, -0.05) is 6.07 Å². The molecule has 0 aliphatic carbocycles. The van der Waals surface area contributed by atoms with Crippen LogP contribution in [0.2, 0.25) is 0 Å². The van der Waals surface area contributed by atoms with E-state index in [1.165, 1.54) is 11.3 Å². The normalized spacial score (nSPS) is 19.4. The molecule has 0 atom stereocenters. The third-order valence-electron chi connectivity index (χ3n) is 5.29. The molecule has 2 fully saturated rings. The summed E-state index contributed by atoms with van der Waals surface area (Å²) in [5.74, 6) is 0.0162. The fraction of sp³-hybridized carbons (Fsp3) is 0.632. The highest BCUT2D eigenvalue weighted by Gasteiger charge is 2.34. The lowest BCUT2D eigenvalue weighted by molar-refractivity contribution is -0.152. The van der Waals surface area contributed by atoms with E-state index in [2.05, 4.69) is 0 Å². The topological polar surface area (TPSA) is 66.9 Å². The molecule has 2 aliphatic rings. The lowest BCUT2D eigenvalue weighted by atomic mass is 9.92. The number of carbonyl (C=O) groups is 3. The molecule has 142 valence electrons. The second-order valence-electron chi connectivity index (χ2n) is 6.90. The molecule has 0 bridgehead atoms. The summed E-state index contributed by atoms with van der Waals surface area (Å²) in [5.41, 5.74) is 0. The molecule has 0 aromatic carbocycles. The maximum absolute atomic E-state index is 12.8. The van der Waals surface area contributed by atoms with Crippen molar-refractivity contribution in [2.45, 2.75) is 32.6 Å². The summed E-state index contributed by atoms with van der Waals surface area (Å²) in [7, 11) is 0. The first kappa shape index (κ1) is 18.9. The van der Waals surface area contributed by atoms with Crippen LogP contribution >= 0.6 is 11.3 Å². The molecule has 0 radical (unpaired) electrons. The van der Waals surface area contributed by atoms with Crippen molar-refractivity contribution in [3.05, 3.63) is 22.4 Å². The summed E-state index contributed by atoms with van der Waals surface area (Å²) in [6, 6.07) is 3.73. The zero-order valence-electron chi connectivity index (χ0n) is 15.2. The molecule has 26 heavy (non-hydrogen) atoms. The van der Waals surface area contributed by atoms with E-state index in [9.17, 15) is 14.4 Å². The molecular weight excluding hydrogens is 352 g/mol. The summed E-state index contributed by atoms with van der Waals surface area (Å²) in [6.07, 6.45) is 2.79. The number of ether oxygens (including phenoxy) is 1. The summed E-state index contributed by atoms with van der Waals surface area (Å²) in [5, 5.41) is 1.91. The number of hydrogen-bond donors (Lipinski definition) is 0. The quantitative estimate of drug-likeness (QED) is 0.755. The van der Waals surface area contributed by atoms with Gasteiger partial charge >= 0.3 is 5.97 Å². The highest BCUT2D eigenvalue weighted by molar-refractivity contribution is 7.12. The maximum Gasteiger partial charge on any atom is 0.309 e. The van der Waals surface area contributed by atoms with Gasteiger partial charge in [0.05, 0.1) is 17.4 Å². The average Bonchev–Trinajstić information content (AvgIpc) is 3.22.